The van der Waals surface area contributed by atoms with Gasteiger partial charge in [-0.25, -0.2) is 8.42 Å². The summed E-state index contributed by atoms with van der Waals surface area (Å²) in [7, 11) is 1.46. The third kappa shape index (κ3) is 3.05. The van der Waals surface area contributed by atoms with E-state index in [9.17, 15) is 8.42 Å². The SMILES string of the molecule is CC#CCCn1cc(S(=O)(=O)Cl)cn1. The maximum Gasteiger partial charge on any atom is 0.264 e. The highest BCUT2D eigenvalue weighted by Crippen LogP contribution is 2.12. The van der Waals surface area contributed by atoms with E-state index in [0.717, 1.165) is 0 Å². The van der Waals surface area contributed by atoms with Crippen molar-refractivity contribution in [1.82, 2.24) is 9.78 Å². The predicted molar refractivity (Wildman–Crippen MR) is 53.3 cm³/mol. The summed E-state index contributed by atoms with van der Waals surface area (Å²) in [6.45, 7) is 2.31. The van der Waals surface area contributed by atoms with Crippen LogP contribution < -0.4 is 0 Å². The Labute approximate surface area is 87.3 Å². The van der Waals surface area contributed by atoms with Gasteiger partial charge < -0.3 is 0 Å². The molecule has 6 heteroatoms. The standard InChI is InChI=1S/C8H9ClN2O2S/c1-2-3-4-5-11-7-8(6-10-11)14(9,12)13/h6-7H,4-5H2,1H3. The van der Waals surface area contributed by atoms with Crippen molar-refractivity contribution in [3.8, 4) is 11.8 Å². The molecule has 0 aromatic carbocycles. The summed E-state index contributed by atoms with van der Waals surface area (Å²) in [5.41, 5.74) is 0. The van der Waals surface area contributed by atoms with Crippen LogP contribution in [0.5, 0.6) is 0 Å². The van der Waals surface area contributed by atoms with Crippen molar-refractivity contribution in [2.75, 3.05) is 0 Å². The number of halogens is 1. The minimum absolute atomic E-state index is 0.0172. The molecule has 0 bridgehead atoms. The van der Waals surface area contributed by atoms with Gasteiger partial charge in [0.05, 0.1) is 12.7 Å². The smallest absolute Gasteiger partial charge is 0.264 e. The molecule has 14 heavy (non-hydrogen) atoms. The van der Waals surface area contributed by atoms with Crippen molar-refractivity contribution >= 4 is 19.7 Å². The Morgan fingerprint density at radius 1 is 1.64 bits per heavy atom. The lowest BCUT2D eigenvalue weighted by molar-refractivity contribution is 0.607. The second-order valence-corrected chi connectivity index (χ2v) is 5.12. The van der Waals surface area contributed by atoms with E-state index in [1.807, 2.05) is 0 Å². The van der Waals surface area contributed by atoms with Crippen LogP contribution in [0.25, 0.3) is 0 Å². The van der Waals surface area contributed by atoms with Crippen LogP contribution in [0.2, 0.25) is 0 Å². The Morgan fingerprint density at radius 3 is 2.86 bits per heavy atom. The summed E-state index contributed by atoms with van der Waals surface area (Å²) in [5, 5.41) is 3.84. The Hall–Kier alpha value is -0.990. The predicted octanol–water partition coefficient (Wildman–Crippen LogP) is 1.22. The Morgan fingerprint density at radius 2 is 2.36 bits per heavy atom. The van der Waals surface area contributed by atoms with Gasteiger partial charge in [-0.3, -0.25) is 4.68 Å². The molecule has 1 aromatic heterocycles. The molecule has 0 aliphatic rings. The zero-order valence-corrected chi connectivity index (χ0v) is 9.14. The van der Waals surface area contributed by atoms with Crippen LogP contribution in [-0.4, -0.2) is 18.2 Å². The monoisotopic (exact) mass is 232 g/mol. The van der Waals surface area contributed by atoms with E-state index in [0.29, 0.717) is 13.0 Å². The molecule has 1 rings (SSSR count). The molecule has 76 valence electrons. The lowest BCUT2D eigenvalue weighted by Gasteiger charge is -1.93. The molecule has 4 nitrogen and oxygen atoms in total. The second-order valence-electron chi connectivity index (χ2n) is 2.55. The molecule has 0 fully saturated rings. The number of aromatic nitrogens is 2. The highest BCUT2D eigenvalue weighted by molar-refractivity contribution is 8.13. The lowest BCUT2D eigenvalue weighted by atomic mass is 10.4. The van der Waals surface area contributed by atoms with Crippen molar-refractivity contribution in [3.63, 3.8) is 0 Å². The second kappa shape index (κ2) is 4.49. The van der Waals surface area contributed by atoms with Crippen LogP contribution in [0.4, 0.5) is 0 Å². The van der Waals surface area contributed by atoms with Gasteiger partial charge in [0.2, 0.25) is 0 Å². The van der Waals surface area contributed by atoms with Crippen LogP contribution in [-0.2, 0) is 15.6 Å². The molecule has 1 aromatic rings. The van der Waals surface area contributed by atoms with Crippen molar-refractivity contribution in [3.05, 3.63) is 12.4 Å². The van der Waals surface area contributed by atoms with E-state index >= 15 is 0 Å². The first kappa shape index (κ1) is 11.1. The first-order chi connectivity index (χ1) is 6.54. The van der Waals surface area contributed by atoms with Crippen molar-refractivity contribution in [1.29, 1.82) is 0 Å². The largest absolute Gasteiger partial charge is 0.270 e. The van der Waals surface area contributed by atoms with Crippen LogP contribution in [0, 0.1) is 11.8 Å². The first-order valence-electron chi connectivity index (χ1n) is 3.91. The Bertz CT molecular complexity index is 467. The third-order valence-electron chi connectivity index (χ3n) is 1.53. The topological polar surface area (TPSA) is 52.0 Å². The van der Waals surface area contributed by atoms with Gasteiger partial charge in [0.25, 0.3) is 9.05 Å². The number of aryl methyl sites for hydroxylation is 1. The molecule has 0 atom stereocenters. The molecule has 0 saturated heterocycles. The molecular weight excluding hydrogens is 224 g/mol. The average Bonchev–Trinajstić information content (AvgIpc) is 2.52. The van der Waals surface area contributed by atoms with Gasteiger partial charge in [-0.05, 0) is 6.92 Å². The van der Waals surface area contributed by atoms with Crippen LogP contribution in [0.15, 0.2) is 17.3 Å². The summed E-state index contributed by atoms with van der Waals surface area (Å²) in [6, 6.07) is 0. The van der Waals surface area contributed by atoms with E-state index in [2.05, 4.69) is 16.9 Å². The van der Waals surface area contributed by atoms with Crippen molar-refractivity contribution in [2.24, 2.45) is 0 Å². The quantitative estimate of drug-likeness (QED) is 0.582. The van der Waals surface area contributed by atoms with Gasteiger partial charge in [0.1, 0.15) is 4.90 Å². The van der Waals surface area contributed by atoms with Crippen LogP contribution >= 0.6 is 10.7 Å². The lowest BCUT2D eigenvalue weighted by Crippen LogP contribution is -1.96. The van der Waals surface area contributed by atoms with Crippen molar-refractivity contribution < 1.29 is 8.42 Å². The van der Waals surface area contributed by atoms with Gasteiger partial charge >= 0.3 is 0 Å². The molecule has 0 amide bonds. The number of rotatable bonds is 3. The Kier molecular flexibility index (Phi) is 3.55. The van der Waals surface area contributed by atoms with E-state index in [-0.39, 0.29) is 4.90 Å². The Balaban J connectivity index is 2.72. The first-order valence-corrected chi connectivity index (χ1v) is 6.21. The van der Waals surface area contributed by atoms with Crippen LogP contribution in [0.1, 0.15) is 13.3 Å². The fourth-order valence-corrected chi connectivity index (χ4v) is 1.55. The minimum atomic E-state index is -3.66. The summed E-state index contributed by atoms with van der Waals surface area (Å²) in [4.78, 5) is 0.0172. The number of nitrogens with zero attached hydrogens (tertiary/aromatic N) is 2. The molecule has 1 heterocycles. The zero-order chi connectivity index (χ0) is 10.6. The van der Waals surface area contributed by atoms with Gasteiger partial charge in [0, 0.05) is 23.3 Å². The van der Waals surface area contributed by atoms with E-state index < -0.39 is 9.05 Å². The molecule has 0 N–H and O–H groups in total. The van der Waals surface area contributed by atoms with Crippen molar-refractivity contribution in [2.45, 2.75) is 24.8 Å². The summed E-state index contributed by atoms with van der Waals surface area (Å²) in [6.07, 6.45) is 3.25. The van der Waals surface area contributed by atoms with E-state index in [1.165, 1.54) is 17.1 Å². The molecule has 0 spiro atoms. The zero-order valence-electron chi connectivity index (χ0n) is 7.57. The minimum Gasteiger partial charge on any atom is -0.270 e. The van der Waals surface area contributed by atoms with Gasteiger partial charge in [-0.15, -0.1) is 11.8 Å². The summed E-state index contributed by atoms with van der Waals surface area (Å²) >= 11 is 0. The molecule has 0 unspecified atom stereocenters. The molecule has 0 aliphatic heterocycles. The molecular formula is C8H9ClN2O2S. The van der Waals surface area contributed by atoms with Crippen LogP contribution in [0.3, 0.4) is 0 Å². The fraction of sp³-hybridized carbons (Fsp3) is 0.375. The summed E-state index contributed by atoms with van der Waals surface area (Å²) < 4.78 is 23.2. The molecule has 0 saturated carbocycles. The van der Waals surface area contributed by atoms with Gasteiger partial charge in [-0.1, -0.05) is 0 Å². The van der Waals surface area contributed by atoms with E-state index in [4.69, 9.17) is 10.7 Å². The van der Waals surface area contributed by atoms with E-state index in [1.54, 1.807) is 6.92 Å². The number of hydrogen-bond acceptors (Lipinski definition) is 3. The molecule has 0 radical (unpaired) electrons. The highest BCUT2D eigenvalue weighted by atomic mass is 35.7. The molecule has 0 aliphatic carbocycles. The van der Waals surface area contributed by atoms with Gasteiger partial charge in [0.15, 0.2) is 0 Å². The third-order valence-corrected chi connectivity index (χ3v) is 2.84. The summed E-state index contributed by atoms with van der Waals surface area (Å²) in [5.74, 6) is 5.59. The normalized spacial score (nSPS) is 10.7. The fourth-order valence-electron chi connectivity index (χ4n) is 0.888. The maximum atomic E-state index is 10.9. The average molecular weight is 233 g/mol. The number of hydrogen-bond donors (Lipinski definition) is 0. The van der Waals surface area contributed by atoms with Gasteiger partial charge in [-0.2, -0.15) is 5.10 Å². The maximum absolute atomic E-state index is 10.9. The highest BCUT2D eigenvalue weighted by Gasteiger charge is 2.11.